The minimum absolute atomic E-state index is 0.624. The summed E-state index contributed by atoms with van der Waals surface area (Å²) in [6, 6.07) is 0. The standard InChI is InChI=1S/C8H16Cl2Si/c1-7(11(9)10)8-5-3-2-4-6-8/h7-8,11H,2-6H2,1H3. The quantitative estimate of drug-likeness (QED) is 0.483. The van der Waals surface area contributed by atoms with Crippen molar-refractivity contribution in [2.24, 2.45) is 5.92 Å². The molecule has 11 heavy (non-hydrogen) atoms. The van der Waals surface area contributed by atoms with E-state index >= 15 is 0 Å². The first kappa shape index (κ1) is 9.88. The maximum absolute atomic E-state index is 5.97. The second kappa shape index (κ2) is 4.73. The lowest BCUT2D eigenvalue weighted by Crippen LogP contribution is -2.18. The van der Waals surface area contributed by atoms with Gasteiger partial charge in [-0.15, -0.1) is 0 Å². The molecule has 1 rings (SSSR count). The first-order chi connectivity index (χ1) is 5.22. The smallest absolute Gasteiger partial charge is 0.150 e. The Morgan fingerprint density at radius 3 is 2.18 bits per heavy atom. The van der Waals surface area contributed by atoms with Gasteiger partial charge in [0.05, 0.1) is 0 Å². The molecule has 0 radical (unpaired) electrons. The van der Waals surface area contributed by atoms with Crippen molar-refractivity contribution in [3.8, 4) is 0 Å². The van der Waals surface area contributed by atoms with Crippen LogP contribution >= 0.6 is 22.2 Å². The Bertz CT molecular complexity index is 111. The van der Waals surface area contributed by atoms with Crippen molar-refractivity contribution in [1.29, 1.82) is 0 Å². The SMILES string of the molecule is CC(C1CCCCC1)[SiH](Cl)Cl. The van der Waals surface area contributed by atoms with Gasteiger partial charge in [0.2, 0.25) is 7.42 Å². The van der Waals surface area contributed by atoms with E-state index in [0.717, 1.165) is 5.92 Å². The molecule has 1 atom stereocenters. The Kier molecular flexibility index (Phi) is 4.25. The van der Waals surface area contributed by atoms with E-state index in [2.05, 4.69) is 6.92 Å². The summed E-state index contributed by atoms with van der Waals surface area (Å²) in [5, 5.41) is 0. The molecule has 0 nitrogen and oxygen atoms in total. The number of hydrogen-bond acceptors (Lipinski definition) is 0. The molecular formula is C8H16Cl2Si. The highest BCUT2D eigenvalue weighted by molar-refractivity contribution is 7.34. The minimum atomic E-state index is -1.39. The van der Waals surface area contributed by atoms with Crippen LogP contribution in [-0.4, -0.2) is 7.42 Å². The molecule has 0 N–H and O–H groups in total. The largest absolute Gasteiger partial charge is 0.240 e. The summed E-state index contributed by atoms with van der Waals surface area (Å²) < 4.78 is 0. The van der Waals surface area contributed by atoms with Crippen LogP contribution < -0.4 is 0 Å². The van der Waals surface area contributed by atoms with Gasteiger partial charge in [0.1, 0.15) is 0 Å². The summed E-state index contributed by atoms with van der Waals surface area (Å²) in [5.41, 5.74) is 0.624. The third kappa shape index (κ3) is 2.96. The maximum atomic E-state index is 5.97. The average Bonchev–Trinajstić information content (AvgIpc) is 2.05. The lowest BCUT2D eigenvalue weighted by atomic mass is 9.87. The average molecular weight is 211 g/mol. The van der Waals surface area contributed by atoms with Crippen LogP contribution in [0, 0.1) is 5.92 Å². The molecule has 0 amide bonds. The first-order valence-corrected chi connectivity index (χ1v) is 8.66. The van der Waals surface area contributed by atoms with E-state index in [0.29, 0.717) is 5.54 Å². The van der Waals surface area contributed by atoms with E-state index in [9.17, 15) is 0 Å². The molecule has 66 valence electrons. The molecular weight excluding hydrogens is 195 g/mol. The maximum Gasteiger partial charge on any atom is 0.240 e. The van der Waals surface area contributed by atoms with Gasteiger partial charge in [-0.1, -0.05) is 39.0 Å². The van der Waals surface area contributed by atoms with Crippen molar-refractivity contribution in [1.82, 2.24) is 0 Å². The Balaban J connectivity index is 2.32. The lowest BCUT2D eigenvalue weighted by molar-refractivity contribution is 0.349. The number of rotatable bonds is 2. The van der Waals surface area contributed by atoms with E-state index in [4.69, 9.17) is 22.2 Å². The van der Waals surface area contributed by atoms with E-state index in [-0.39, 0.29) is 0 Å². The molecule has 3 heteroatoms. The molecule has 1 aliphatic carbocycles. The van der Waals surface area contributed by atoms with Crippen molar-refractivity contribution in [2.45, 2.75) is 44.6 Å². The van der Waals surface area contributed by atoms with E-state index < -0.39 is 7.42 Å². The molecule has 1 aliphatic rings. The molecule has 0 bridgehead atoms. The van der Waals surface area contributed by atoms with Crippen LogP contribution in [0.15, 0.2) is 0 Å². The molecule has 0 saturated heterocycles. The topological polar surface area (TPSA) is 0 Å². The number of halogens is 2. The molecule has 0 aliphatic heterocycles. The second-order valence-corrected chi connectivity index (χ2v) is 8.80. The summed E-state index contributed by atoms with van der Waals surface area (Å²) in [6.45, 7) is 2.23. The van der Waals surface area contributed by atoms with Crippen LogP contribution in [0.1, 0.15) is 39.0 Å². The van der Waals surface area contributed by atoms with Crippen LogP contribution in [0.4, 0.5) is 0 Å². The van der Waals surface area contributed by atoms with Gasteiger partial charge < -0.3 is 0 Å². The van der Waals surface area contributed by atoms with E-state index in [1.807, 2.05) is 0 Å². The molecule has 0 aromatic rings. The molecule has 1 unspecified atom stereocenters. The molecule has 0 aromatic heterocycles. The van der Waals surface area contributed by atoms with Gasteiger partial charge in [-0.05, 0) is 11.5 Å². The summed E-state index contributed by atoms with van der Waals surface area (Å²) in [6.07, 6.45) is 6.93. The monoisotopic (exact) mass is 210 g/mol. The third-order valence-corrected chi connectivity index (χ3v) is 6.51. The fraction of sp³-hybridized carbons (Fsp3) is 1.00. The fourth-order valence-corrected chi connectivity index (χ4v) is 3.90. The third-order valence-electron chi connectivity index (χ3n) is 2.79. The van der Waals surface area contributed by atoms with Gasteiger partial charge in [-0.3, -0.25) is 0 Å². The van der Waals surface area contributed by atoms with E-state index in [1.165, 1.54) is 32.1 Å². The zero-order chi connectivity index (χ0) is 8.27. The molecule has 1 saturated carbocycles. The molecule has 0 spiro atoms. The summed E-state index contributed by atoms with van der Waals surface area (Å²) in [7, 11) is -1.39. The molecule has 1 fully saturated rings. The Hall–Kier alpha value is 0.797. The highest BCUT2D eigenvalue weighted by Gasteiger charge is 2.25. The Morgan fingerprint density at radius 1 is 1.18 bits per heavy atom. The summed E-state index contributed by atoms with van der Waals surface area (Å²) >= 11 is 11.9. The zero-order valence-corrected chi connectivity index (χ0v) is 9.69. The van der Waals surface area contributed by atoms with Crippen molar-refractivity contribution >= 4 is 29.6 Å². The van der Waals surface area contributed by atoms with Gasteiger partial charge in [-0.2, -0.15) is 22.2 Å². The normalized spacial score (nSPS) is 24.0. The van der Waals surface area contributed by atoms with Gasteiger partial charge in [0.25, 0.3) is 0 Å². The fourth-order valence-electron chi connectivity index (χ4n) is 1.87. The predicted molar refractivity (Wildman–Crippen MR) is 54.9 cm³/mol. The van der Waals surface area contributed by atoms with Gasteiger partial charge in [0, 0.05) is 0 Å². The van der Waals surface area contributed by atoms with Gasteiger partial charge in [-0.25, -0.2) is 0 Å². The van der Waals surface area contributed by atoms with E-state index in [1.54, 1.807) is 0 Å². The predicted octanol–water partition coefficient (Wildman–Crippen LogP) is 3.65. The number of hydrogen-bond donors (Lipinski definition) is 0. The summed E-state index contributed by atoms with van der Waals surface area (Å²) in [5.74, 6) is 0.843. The zero-order valence-electron chi connectivity index (χ0n) is 7.02. The Labute approximate surface area is 80.3 Å². The minimum Gasteiger partial charge on any atom is -0.150 e. The highest BCUT2D eigenvalue weighted by atomic mass is 35.7. The molecule has 0 heterocycles. The second-order valence-electron chi connectivity index (χ2n) is 3.59. The van der Waals surface area contributed by atoms with Crippen LogP contribution in [-0.2, 0) is 0 Å². The van der Waals surface area contributed by atoms with Crippen LogP contribution in [0.3, 0.4) is 0 Å². The molecule has 0 aromatic carbocycles. The van der Waals surface area contributed by atoms with Crippen molar-refractivity contribution in [3.05, 3.63) is 0 Å². The van der Waals surface area contributed by atoms with Crippen molar-refractivity contribution in [3.63, 3.8) is 0 Å². The first-order valence-electron chi connectivity index (χ1n) is 4.50. The van der Waals surface area contributed by atoms with Crippen LogP contribution in [0.5, 0.6) is 0 Å². The van der Waals surface area contributed by atoms with Gasteiger partial charge >= 0.3 is 0 Å². The highest BCUT2D eigenvalue weighted by Crippen LogP contribution is 2.36. The van der Waals surface area contributed by atoms with Crippen LogP contribution in [0.25, 0.3) is 0 Å². The summed E-state index contributed by atoms with van der Waals surface area (Å²) in [4.78, 5) is 0. The van der Waals surface area contributed by atoms with Crippen LogP contribution in [0.2, 0.25) is 5.54 Å². The van der Waals surface area contributed by atoms with Gasteiger partial charge in [0.15, 0.2) is 0 Å². The lowest BCUT2D eigenvalue weighted by Gasteiger charge is -2.27. The Morgan fingerprint density at radius 2 is 1.73 bits per heavy atom. The van der Waals surface area contributed by atoms with Crippen molar-refractivity contribution in [2.75, 3.05) is 0 Å². The van der Waals surface area contributed by atoms with Crippen molar-refractivity contribution < 1.29 is 0 Å².